The average molecular weight is 338 g/mol. The molecule has 0 N–H and O–H groups in total. The van der Waals surface area contributed by atoms with Gasteiger partial charge in [0.15, 0.2) is 0 Å². The van der Waals surface area contributed by atoms with E-state index < -0.39 is 0 Å². The highest BCUT2D eigenvalue weighted by Gasteiger charge is 2.09. The fourth-order valence-corrected chi connectivity index (χ4v) is 1.60. The van der Waals surface area contributed by atoms with E-state index in [0.29, 0.717) is 23.7 Å². The van der Waals surface area contributed by atoms with E-state index in [4.69, 9.17) is 4.74 Å². The maximum absolute atomic E-state index is 11.3. The van der Waals surface area contributed by atoms with Crippen LogP contribution in [0.1, 0.15) is 10.4 Å². The Morgan fingerprint density at radius 2 is 2.27 bits per heavy atom. The Bertz CT molecular complexity index is 355. The number of hydrogen-bond acceptors (Lipinski definition) is 4. The molecule has 0 aromatic heterocycles. The van der Waals surface area contributed by atoms with Crippen LogP contribution in [0.2, 0.25) is 0 Å². The molecule has 0 aliphatic carbocycles. The quantitative estimate of drug-likeness (QED) is 0.520. The second-order valence-corrected chi connectivity index (χ2v) is 4.32. The maximum atomic E-state index is 11.3. The highest BCUT2D eigenvalue weighted by atomic mass is 127. The van der Waals surface area contributed by atoms with Gasteiger partial charge >= 0.3 is 5.97 Å². The van der Waals surface area contributed by atoms with Crippen LogP contribution in [0.25, 0.3) is 0 Å². The van der Waals surface area contributed by atoms with Crippen LogP contribution in [-0.4, -0.2) is 25.4 Å². The van der Waals surface area contributed by atoms with Gasteiger partial charge in [0.05, 0.1) is 22.9 Å². The van der Waals surface area contributed by atoms with Crippen LogP contribution in [0.5, 0.6) is 5.75 Å². The van der Waals surface area contributed by atoms with Crippen LogP contribution in [0.3, 0.4) is 0 Å². The second-order valence-electron chi connectivity index (χ2n) is 2.71. The van der Waals surface area contributed by atoms with Crippen LogP contribution < -0.4 is 4.74 Å². The third kappa shape index (κ3) is 3.57. The summed E-state index contributed by atoms with van der Waals surface area (Å²) in [5.41, 5.74) is 0.493. The summed E-state index contributed by atoms with van der Waals surface area (Å²) in [4.78, 5) is 11.3. The molecule has 0 saturated heterocycles. The van der Waals surface area contributed by atoms with Crippen molar-refractivity contribution in [2.45, 2.75) is 0 Å². The molecule has 1 aromatic carbocycles. The molecule has 0 spiro atoms. The molecule has 0 saturated carbocycles. The van der Waals surface area contributed by atoms with Crippen molar-refractivity contribution in [2.75, 3.05) is 19.5 Å². The fourth-order valence-electron chi connectivity index (χ4n) is 1.01. The van der Waals surface area contributed by atoms with Crippen LogP contribution in [0, 0.1) is 3.57 Å². The average Bonchev–Trinajstić information content (AvgIpc) is 2.27. The van der Waals surface area contributed by atoms with Crippen molar-refractivity contribution in [3.05, 3.63) is 27.3 Å². The summed E-state index contributed by atoms with van der Waals surface area (Å²) in [6.07, 6.45) is 0. The lowest BCUT2D eigenvalue weighted by Crippen LogP contribution is -2.04. The van der Waals surface area contributed by atoms with E-state index >= 15 is 0 Å². The Labute approximate surface area is 108 Å². The molecule has 0 unspecified atom stereocenters. The Morgan fingerprint density at radius 1 is 1.53 bits per heavy atom. The van der Waals surface area contributed by atoms with Gasteiger partial charge < -0.3 is 9.47 Å². The van der Waals surface area contributed by atoms with Crippen LogP contribution in [0.15, 0.2) is 18.2 Å². The van der Waals surface area contributed by atoms with Gasteiger partial charge in [0.1, 0.15) is 5.75 Å². The summed E-state index contributed by atoms with van der Waals surface area (Å²) in [6, 6.07) is 5.21. The normalized spacial score (nSPS) is 9.80. The minimum atomic E-state index is -0.359. The summed E-state index contributed by atoms with van der Waals surface area (Å²) in [5, 5.41) is 0. The van der Waals surface area contributed by atoms with Crippen LogP contribution in [0.4, 0.5) is 0 Å². The predicted octanol–water partition coefficient (Wildman–Crippen LogP) is 2.39. The number of carbonyl (C=O) groups is 1. The zero-order valence-electron chi connectivity index (χ0n) is 8.20. The molecule has 5 heteroatoms. The number of thiol groups is 1. The molecule has 0 fully saturated rings. The molecular formula is C10H11IO3S. The molecule has 1 rings (SSSR count). The van der Waals surface area contributed by atoms with Crippen molar-refractivity contribution in [3.63, 3.8) is 0 Å². The first-order valence-corrected chi connectivity index (χ1v) is 6.01. The standard InChI is InChI=1S/C10H11IO3S/c1-13-10(12)7-2-3-8(11)9(6-7)14-4-5-15/h2-3,6,15H,4-5H2,1H3. The molecule has 82 valence electrons. The van der Waals surface area contributed by atoms with Crippen LogP contribution >= 0.6 is 35.2 Å². The lowest BCUT2D eigenvalue weighted by molar-refractivity contribution is 0.0600. The Balaban J connectivity index is 2.89. The molecular weight excluding hydrogens is 327 g/mol. The van der Waals surface area contributed by atoms with Crippen molar-refractivity contribution in [3.8, 4) is 5.75 Å². The van der Waals surface area contributed by atoms with Gasteiger partial charge in [-0.3, -0.25) is 0 Å². The maximum Gasteiger partial charge on any atom is 0.337 e. The van der Waals surface area contributed by atoms with E-state index in [-0.39, 0.29) is 5.97 Å². The Kier molecular flexibility index (Phi) is 5.24. The van der Waals surface area contributed by atoms with Gasteiger partial charge in [0, 0.05) is 5.75 Å². The molecule has 1 aromatic rings. The summed E-state index contributed by atoms with van der Waals surface area (Å²) in [7, 11) is 1.36. The molecule has 0 aliphatic rings. The van der Waals surface area contributed by atoms with Crippen molar-refractivity contribution in [2.24, 2.45) is 0 Å². The van der Waals surface area contributed by atoms with E-state index in [9.17, 15) is 4.79 Å². The molecule has 0 radical (unpaired) electrons. The molecule has 15 heavy (non-hydrogen) atoms. The fraction of sp³-hybridized carbons (Fsp3) is 0.300. The highest BCUT2D eigenvalue weighted by molar-refractivity contribution is 14.1. The molecule has 0 atom stereocenters. The minimum absolute atomic E-state index is 0.359. The first kappa shape index (κ1) is 12.6. The largest absolute Gasteiger partial charge is 0.492 e. The lowest BCUT2D eigenvalue weighted by atomic mass is 10.2. The minimum Gasteiger partial charge on any atom is -0.492 e. The molecule has 0 amide bonds. The molecule has 0 bridgehead atoms. The van der Waals surface area contributed by atoms with Gasteiger partial charge in [-0.05, 0) is 40.8 Å². The van der Waals surface area contributed by atoms with E-state index in [1.54, 1.807) is 12.1 Å². The van der Waals surface area contributed by atoms with E-state index in [2.05, 4.69) is 40.0 Å². The summed E-state index contributed by atoms with van der Waals surface area (Å²) >= 11 is 6.20. The van der Waals surface area contributed by atoms with Gasteiger partial charge in [-0.1, -0.05) is 0 Å². The zero-order chi connectivity index (χ0) is 11.3. The Morgan fingerprint density at radius 3 is 2.87 bits per heavy atom. The highest BCUT2D eigenvalue weighted by Crippen LogP contribution is 2.22. The molecule has 0 aliphatic heterocycles. The Hall–Kier alpha value is -0.430. The van der Waals surface area contributed by atoms with Crippen molar-refractivity contribution < 1.29 is 14.3 Å². The lowest BCUT2D eigenvalue weighted by Gasteiger charge is -2.08. The van der Waals surface area contributed by atoms with E-state index in [0.717, 1.165) is 3.57 Å². The van der Waals surface area contributed by atoms with Crippen molar-refractivity contribution in [1.82, 2.24) is 0 Å². The van der Waals surface area contributed by atoms with Gasteiger partial charge in [-0.15, -0.1) is 0 Å². The third-order valence-electron chi connectivity index (χ3n) is 1.70. The monoisotopic (exact) mass is 338 g/mol. The molecule has 0 heterocycles. The number of methoxy groups -OCH3 is 1. The zero-order valence-corrected chi connectivity index (χ0v) is 11.2. The van der Waals surface area contributed by atoms with Crippen molar-refractivity contribution >= 4 is 41.2 Å². The summed E-state index contributed by atoms with van der Waals surface area (Å²) in [6.45, 7) is 0.518. The summed E-state index contributed by atoms with van der Waals surface area (Å²) < 4.78 is 11.0. The van der Waals surface area contributed by atoms with Gasteiger partial charge in [0.2, 0.25) is 0 Å². The number of ether oxygens (including phenoxy) is 2. The number of benzene rings is 1. The molecule has 3 nitrogen and oxygen atoms in total. The number of halogens is 1. The van der Waals surface area contributed by atoms with E-state index in [1.165, 1.54) is 7.11 Å². The first-order valence-electron chi connectivity index (χ1n) is 4.30. The number of carbonyl (C=O) groups excluding carboxylic acids is 1. The topological polar surface area (TPSA) is 35.5 Å². The number of rotatable bonds is 4. The summed E-state index contributed by atoms with van der Waals surface area (Å²) in [5.74, 6) is 0.966. The van der Waals surface area contributed by atoms with Gasteiger partial charge in [0.25, 0.3) is 0 Å². The smallest absolute Gasteiger partial charge is 0.337 e. The second kappa shape index (κ2) is 6.22. The third-order valence-corrected chi connectivity index (χ3v) is 2.77. The first-order chi connectivity index (χ1) is 7.19. The number of esters is 1. The van der Waals surface area contributed by atoms with Crippen LogP contribution in [-0.2, 0) is 4.74 Å². The van der Waals surface area contributed by atoms with Gasteiger partial charge in [-0.2, -0.15) is 12.6 Å². The van der Waals surface area contributed by atoms with E-state index in [1.807, 2.05) is 6.07 Å². The SMILES string of the molecule is COC(=O)c1ccc(I)c(OCCS)c1. The predicted molar refractivity (Wildman–Crippen MR) is 69.8 cm³/mol. The number of hydrogen-bond donors (Lipinski definition) is 1. The van der Waals surface area contributed by atoms with Crippen molar-refractivity contribution in [1.29, 1.82) is 0 Å². The van der Waals surface area contributed by atoms with Gasteiger partial charge in [-0.25, -0.2) is 4.79 Å².